The topological polar surface area (TPSA) is 83.5 Å². The Morgan fingerprint density at radius 2 is 1.85 bits per heavy atom. The predicted octanol–water partition coefficient (Wildman–Crippen LogP) is 5.90. The van der Waals surface area contributed by atoms with Crippen LogP contribution in [0.2, 0.25) is 0 Å². The van der Waals surface area contributed by atoms with Crippen molar-refractivity contribution in [2.45, 2.75) is 44.6 Å². The van der Waals surface area contributed by atoms with Gasteiger partial charge >= 0.3 is 0 Å². The van der Waals surface area contributed by atoms with Crippen LogP contribution in [-0.4, -0.2) is 30.0 Å². The zero-order valence-electron chi connectivity index (χ0n) is 20.1. The van der Waals surface area contributed by atoms with E-state index >= 15 is 0 Å². The average Bonchev–Trinajstić information content (AvgIpc) is 2.90. The zero-order valence-corrected chi connectivity index (χ0v) is 20.1. The molecule has 0 saturated heterocycles. The van der Waals surface area contributed by atoms with Gasteiger partial charge in [0, 0.05) is 56.3 Å². The SMILES string of the molecule is C=N/N=C/CCC(C)(CC)C(c1cccnc1)C(OC)(c1cccnc1)c1cccc(C#N)c1. The number of rotatable bonds is 11. The molecule has 0 amide bonds. The standard InChI is InChI=1S/C28H31N5O/c1-5-27(2,14-9-17-33-30-3)26(23-11-7-15-31-20-23)28(34-4,25-13-8-16-32-21-25)24-12-6-10-22(18-24)19-29/h6-8,10-13,15-18,20-21,26H,3,5,9,14H2,1-2,4H3/b33-17+. The van der Waals surface area contributed by atoms with Crippen LogP contribution < -0.4 is 0 Å². The van der Waals surface area contributed by atoms with Crippen LogP contribution >= 0.6 is 0 Å². The summed E-state index contributed by atoms with van der Waals surface area (Å²) in [4.78, 5) is 8.89. The molecule has 2 aromatic heterocycles. The molecule has 174 valence electrons. The third kappa shape index (κ3) is 4.95. The van der Waals surface area contributed by atoms with Crippen LogP contribution in [0.5, 0.6) is 0 Å². The highest BCUT2D eigenvalue weighted by atomic mass is 16.5. The Labute approximate surface area is 202 Å². The lowest BCUT2D eigenvalue weighted by atomic mass is 9.59. The van der Waals surface area contributed by atoms with Crippen LogP contribution in [-0.2, 0) is 10.3 Å². The van der Waals surface area contributed by atoms with Gasteiger partial charge in [0.2, 0.25) is 0 Å². The van der Waals surface area contributed by atoms with Crippen molar-refractivity contribution in [3.63, 3.8) is 0 Å². The summed E-state index contributed by atoms with van der Waals surface area (Å²) in [7, 11) is 1.73. The van der Waals surface area contributed by atoms with Crippen molar-refractivity contribution >= 4 is 12.9 Å². The largest absolute Gasteiger partial charge is 0.368 e. The van der Waals surface area contributed by atoms with E-state index < -0.39 is 5.60 Å². The molecular weight excluding hydrogens is 422 g/mol. The maximum Gasteiger partial charge on any atom is 0.127 e. The first-order valence-corrected chi connectivity index (χ1v) is 11.4. The van der Waals surface area contributed by atoms with Gasteiger partial charge in [-0.15, -0.1) is 0 Å². The molecule has 2 heterocycles. The molecule has 0 N–H and O–H groups in total. The van der Waals surface area contributed by atoms with Gasteiger partial charge in [-0.3, -0.25) is 9.97 Å². The number of nitrogens with zero attached hydrogens (tertiary/aromatic N) is 5. The number of methoxy groups -OCH3 is 1. The van der Waals surface area contributed by atoms with Crippen LogP contribution in [0.4, 0.5) is 0 Å². The van der Waals surface area contributed by atoms with Gasteiger partial charge in [-0.25, -0.2) is 0 Å². The first kappa shape index (κ1) is 24.9. The molecule has 0 spiro atoms. The molecule has 0 aliphatic rings. The molecule has 0 saturated carbocycles. The number of pyridine rings is 2. The molecule has 0 radical (unpaired) electrons. The summed E-state index contributed by atoms with van der Waals surface area (Å²) in [5, 5.41) is 17.2. The first-order valence-electron chi connectivity index (χ1n) is 11.4. The lowest BCUT2D eigenvalue weighted by Gasteiger charge is -2.49. The van der Waals surface area contributed by atoms with Crippen molar-refractivity contribution < 1.29 is 4.74 Å². The van der Waals surface area contributed by atoms with E-state index in [-0.39, 0.29) is 11.3 Å². The molecule has 0 aliphatic heterocycles. The van der Waals surface area contributed by atoms with Crippen LogP contribution in [0.15, 0.2) is 83.5 Å². The van der Waals surface area contributed by atoms with E-state index in [2.05, 4.69) is 52.9 Å². The Bertz CT molecular complexity index is 1140. The first-order chi connectivity index (χ1) is 16.6. The maximum absolute atomic E-state index is 9.66. The van der Waals surface area contributed by atoms with Gasteiger partial charge in [0.1, 0.15) is 5.60 Å². The van der Waals surface area contributed by atoms with Crippen LogP contribution in [0.25, 0.3) is 0 Å². The van der Waals surface area contributed by atoms with Gasteiger partial charge in [0.25, 0.3) is 0 Å². The second kappa shape index (κ2) is 11.4. The molecule has 6 nitrogen and oxygen atoms in total. The van der Waals surface area contributed by atoms with Gasteiger partial charge in [-0.1, -0.05) is 38.1 Å². The number of benzene rings is 1. The summed E-state index contributed by atoms with van der Waals surface area (Å²) in [5.41, 5.74) is 2.31. The maximum atomic E-state index is 9.66. The molecule has 3 atom stereocenters. The van der Waals surface area contributed by atoms with Crippen molar-refractivity contribution in [3.8, 4) is 6.07 Å². The molecule has 3 unspecified atom stereocenters. The Morgan fingerprint density at radius 3 is 2.44 bits per heavy atom. The van der Waals surface area contributed by atoms with Crippen molar-refractivity contribution in [3.05, 3.63) is 95.6 Å². The summed E-state index contributed by atoms with van der Waals surface area (Å²) >= 11 is 0. The van der Waals surface area contributed by atoms with Crippen molar-refractivity contribution in [2.75, 3.05) is 7.11 Å². The van der Waals surface area contributed by atoms with Crippen molar-refractivity contribution in [1.82, 2.24) is 9.97 Å². The number of nitriles is 1. The molecule has 1 aromatic carbocycles. The van der Waals surface area contributed by atoms with E-state index in [1.807, 2.05) is 54.9 Å². The van der Waals surface area contributed by atoms with Crippen LogP contribution in [0.3, 0.4) is 0 Å². The van der Waals surface area contributed by atoms with E-state index in [1.165, 1.54) is 0 Å². The fraction of sp³-hybridized carbons (Fsp3) is 0.321. The summed E-state index contributed by atoms with van der Waals surface area (Å²) in [6.07, 6.45) is 11.6. The smallest absolute Gasteiger partial charge is 0.127 e. The number of aromatic nitrogens is 2. The van der Waals surface area contributed by atoms with Crippen molar-refractivity contribution in [1.29, 1.82) is 5.26 Å². The van der Waals surface area contributed by atoms with Gasteiger partial charge in [0.15, 0.2) is 0 Å². The molecule has 6 heteroatoms. The highest BCUT2D eigenvalue weighted by molar-refractivity contribution is 5.57. The Morgan fingerprint density at radius 1 is 1.12 bits per heavy atom. The highest BCUT2D eigenvalue weighted by Crippen LogP contribution is 2.56. The van der Waals surface area contributed by atoms with Crippen LogP contribution in [0.1, 0.15) is 61.3 Å². The van der Waals surface area contributed by atoms with E-state index in [9.17, 15) is 5.26 Å². The Balaban J connectivity index is 2.35. The average molecular weight is 454 g/mol. The van der Waals surface area contributed by atoms with E-state index in [0.29, 0.717) is 5.56 Å². The minimum atomic E-state index is -0.914. The quantitative estimate of drug-likeness (QED) is 0.267. The van der Waals surface area contributed by atoms with Crippen molar-refractivity contribution in [2.24, 2.45) is 15.6 Å². The second-order valence-corrected chi connectivity index (χ2v) is 8.58. The number of hydrogen-bond donors (Lipinski definition) is 0. The molecule has 34 heavy (non-hydrogen) atoms. The summed E-state index contributed by atoms with van der Waals surface area (Å²) in [6, 6.07) is 18.0. The van der Waals surface area contributed by atoms with Gasteiger partial charge < -0.3 is 4.74 Å². The minimum absolute atomic E-state index is 0.146. The predicted molar refractivity (Wildman–Crippen MR) is 136 cm³/mol. The highest BCUT2D eigenvalue weighted by Gasteiger charge is 2.51. The molecule has 3 rings (SSSR count). The second-order valence-electron chi connectivity index (χ2n) is 8.58. The van der Waals surface area contributed by atoms with E-state index in [0.717, 1.165) is 36.0 Å². The molecular formula is C28H31N5O. The third-order valence-electron chi connectivity index (χ3n) is 6.77. The number of ether oxygens (including phenoxy) is 1. The summed E-state index contributed by atoms with van der Waals surface area (Å²) in [5.74, 6) is -0.146. The fourth-order valence-corrected chi connectivity index (χ4v) is 4.97. The molecule has 0 bridgehead atoms. The zero-order chi connectivity index (χ0) is 24.4. The molecule has 3 aromatic rings. The van der Waals surface area contributed by atoms with Gasteiger partial charge in [-0.05, 0) is 60.1 Å². The minimum Gasteiger partial charge on any atom is -0.368 e. The van der Waals surface area contributed by atoms with Crippen LogP contribution in [0, 0.1) is 16.7 Å². The van der Waals surface area contributed by atoms with E-state index in [1.54, 1.807) is 25.7 Å². The normalized spacial score (nSPS) is 15.7. The summed E-state index contributed by atoms with van der Waals surface area (Å²) < 4.78 is 6.56. The monoisotopic (exact) mass is 453 g/mol. The molecule has 0 fully saturated rings. The van der Waals surface area contributed by atoms with Gasteiger partial charge in [-0.2, -0.15) is 15.5 Å². The lowest BCUT2D eigenvalue weighted by molar-refractivity contribution is -0.0457. The third-order valence-corrected chi connectivity index (χ3v) is 6.77. The fourth-order valence-electron chi connectivity index (χ4n) is 4.97. The van der Waals surface area contributed by atoms with E-state index in [4.69, 9.17) is 4.74 Å². The lowest BCUT2D eigenvalue weighted by Crippen LogP contribution is -2.45. The molecule has 0 aliphatic carbocycles. The Hall–Kier alpha value is -3.69. The Kier molecular flexibility index (Phi) is 8.39. The summed E-state index contributed by atoms with van der Waals surface area (Å²) in [6.45, 7) is 7.91. The van der Waals surface area contributed by atoms with Gasteiger partial charge in [0.05, 0.1) is 11.6 Å². The number of hydrogen-bond acceptors (Lipinski definition) is 6.